The van der Waals surface area contributed by atoms with E-state index in [4.69, 9.17) is 4.98 Å². The number of rotatable bonds is 5. The van der Waals surface area contributed by atoms with Crippen LogP contribution in [0.2, 0.25) is 0 Å². The number of nitrogens with one attached hydrogen (secondary N) is 1. The number of likely N-dealkylation sites (tertiary alicyclic amines) is 1. The van der Waals surface area contributed by atoms with E-state index in [-0.39, 0.29) is 11.8 Å². The molecule has 1 aliphatic heterocycles. The zero-order valence-corrected chi connectivity index (χ0v) is 14.1. The number of thiazole rings is 1. The Morgan fingerprint density at radius 2 is 2.00 bits per heavy atom. The normalized spacial score (nSPS) is 24.5. The highest BCUT2D eigenvalue weighted by molar-refractivity contribution is 7.09. The van der Waals surface area contributed by atoms with E-state index in [2.05, 4.69) is 5.32 Å². The van der Waals surface area contributed by atoms with Gasteiger partial charge in [-0.25, -0.2) is 4.98 Å². The summed E-state index contributed by atoms with van der Waals surface area (Å²) in [4.78, 5) is 30.7. The fourth-order valence-electron chi connectivity index (χ4n) is 3.23. The van der Waals surface area contributed by atoms with E-state index in [0.717, 1.165) is 62.3 Å². The van der Waals surface area contributed by atoms with Gasteiger partial charge in [-0.15, -0.1) is 11.3 Å². The Hall–Kier alpha value is -1.43. The first kappa shape index (κ1) is 15.1. The second-order valence-electron chi connectivity index (χ2n) is 7.07. The highest BCUT2D eigenvalue weighted by Gasteiger charge is 2.36. The molecule has 2 heterocycles. The standard InChI is InChI=1S/C17H23N3O2S/c21-15(11-3-4-11)18-8-14-10-23-16(19-14)13-2-1-7-20(9-13)17(22)12-5-6-12/h10-13H,1-9H2,(H,18,21). The number of carbonyl (C=O) groups is 2. The van der Waals surface area contributed by atoms with E-state index in [0.29, 0.717) is 24.3 Å². The van der Waals surface area contributed by atoms with Gasteiger partial charge in [0.05, 0.1) is 17.2 Å². The second-order valence-corrected chi connectivity index (χ2v) is 7.96. The lowest BCUT2D eigenvalue weighted by Gasteiger charge is -2.32. The van der Waals surface area contributed by atoms with Gasteiger partial charge in [0.2, 0.25) is 11.8 Å². The third-order valence-corrected chi connectivity index (χ3v) is 6.03. The van der Waals surface area contributed by atoms with Crippen molar-refractivity contribution < 1.29 is 9.59 Å². The van der Waals surface area contributed by atoms with Crippen LogP contribution in [-0.4, -0.2) is 34.8 Å². The van der Waals surface area contributed by atoms with Gasteiger partial charge in [0.15, 0.2) is 0 Å². The largest absolute Gasteiger partial charge is 0.350 e. The van der Waals surface area contributed by atoms with Gasteiger partial charge in [-0.05, 0) is 38.5 Å². The Kier molecular flexibility index (Phi) is 4.09. The van der Waals surface area contributed by atoms with Crippen molar-refractivity contribution in [1.29, 1.82) is 0 Å². The van der Waals surface area contributed by atoms with Crippen molar-refractivity contribution in [3.05, 3.63) is 16.1 Å². The van der Waals surface area contributed by atoms with Crippen LogP contribution in [0, 0.1) is 11.8 Å². The lowest BCUT2D eigenvalue weighted by Crippen LogP contribution is -2.39. The first-order valence-electron chi connectivity index (χ1n) is 8.71. The van der Waals surface area contributed by atoms with Crippen LogP contribution in [0.4, 0.5) is 0 Å². The predicted molar refractivity (Wildman–Crippen MR) is 88.0 cm³/mol. The summed E-state index contributed by atoms with van der Waals surface area (Å²) >= 11 is 1.67. The molecule has 1 aromatic rings. The van der Waals surface area contributed by atoms with E-state index >= 15 is 0 Å². The van der Waals surface area contributed by atoms with Crippen LogP contribution in [-0.2, 0) is 16.1 Å². The molecular weight excluding hydrogens is 310 g/mol. The Labute approximate surface area is 140 Å². The zero-order chi connectivity index (χ0) is 15.8. The van der Waals surface area contributed by atoms with Gasteiger partial charge in [0, 0.05) is 36.2 Å². The molecule has 1 aromatic heterocycles. The third kappa shape index (κ3) is 3.57. The molecule has 3 aliphatic rings. The highest BCUT2D eigenvalue weighted by atomic mass is 32.1. The molecule has 23 heavy (non-hydrogen) atoms. The van der Waals surface area contributed by atoms with Gasteiger partial charge in [0.25, 0.3) is 0 Å². The number of piperidine rings is 1. The zero-order valence-electron chi connectivity index (χ0n) is 13.3. The van der Waals surface area contributed by atoms with Crippen molar-refractivity contribution in [3.63, 3.8) is 0 Å². The summed E-state index contributed by atoms with van der Waals surface area (Å²) in [5, 5.41) is 6.13. The van der Waals surface area contributed by atoms with Gasteiger partial charge in [-0.1, -0.05) is 0 Å². The average molecular weight is 333 g/mol. The molecule has 0 aromatic carbocycles. The Morgan fingerprint density at radius 3 is 2.74 bits per heavy atom. The maximum atomic E-state index is 12.3. The molecule has 1 saturated heterocycles. The summed E-state index contributed by atoms with van der Waals surface area (Å²) in [6, 6.07) is 0. The summed E-state index contributed by atoms with van der Waals surface area (Å²) in [5.74, 6) is 1.43. The van der Waals surface area contributed by atoms with Crippen molar-refractivity contribution >= 4 is 23.2 Å². The summed E-state index contributed by atoms with van der Waals surface area (Å²) in [6.07, 6.45) is 6.37. The molecular formula is C17H23N3O2S. The van der Waals surface area contributed by atoms with Crippen LogP contribution in [0.3, 0.4) is 0 Å². The van der Waals surface area contributed by atoms with Gasteiger partial charge >= 0.3 is 0 Å². The summed E-state index contributed by atoms with van der Waals surface area (Å²) in [7, 11) is 0. The van der Waals surface area contributed by atoms with Gasteiger partial charge in [-0.3, -0.25) is 9.59 Å². The molecule has 0 radical (unpaired) electrons. The van der Waals surface area contributed by atoms with Crippen molar-refractivity contribution in [2.24, 2.45) is 11.8 Å². The van der Waals surface area contributed by atoms with Gasteiger partial charge in [0.1, 0.15) is 0 Å². The fraction of sp³-hybridized carbons (Fsp3) is 0.706. The lowest BCUT2D eigenvalue weighted by molar-refractivity contribution is -0.133. The molecule has 2 saturated carbocycles. The summed E-state index contributed by atoms with van der Waals surface area (Å²) in [6.45, 7) is 2.25. The number of aromatic nitrogens is 1. The second kappa shape index (κ2) is 6.23. The van der Waals surface area contributed by atoms with Crippen LogP contribution >= 0.6 is 11.3 Å². The Morgan fingerprint density at radius 1 is 1.22 bits per heavy atom. The quantitative estimate of drug-likeness (QED) is 0.899. The van der Waals surface area contributed by atoms with Crippen LogP contribution < -0.4 is 5.32 Å². The lowest BCUT2D eigenvalue weighted by atomic mass is 9.98. The van der Waals surface area contributed by atoms with E-state index in [1.807, 2.05) is 10.3 Å². The molecule has 6 heteroatoms. The highest BCUT2D eigenvalue weighted by Crippen LogP contribution is 2.35. The van der Waals surface area contributed by atoms with Gasteiger partial charge < -0.3 is 10.2 Å². The average Bonchev–Trinajstić information content (AvgIpc) is 3.49. The molecule has 2 aliphatic carbocycles. The van der Waals surface area contributed by atoms with Gasteiger partial charge in [-0.2, -0.15) is 0 Å². The fourth-order valence-corrected chi connectivity index (χ4v) is 4.17. The summed E-state index contributed by atoms with van der Waals surface area (Å²) < 4.78 is 0. The van der Waals surface area contributed by atoms with Crippen LogP contribution in [0.5, 0.6) is 0 Å². The topological polar surface area (TPSA) is 62.3 Å². The third-order valence-electron chi connectivity index (χ3n) is 4.97. The summed E-state index contributed by atoms with van der Waals surface area (Å²) in [5.41, 5.74) is 0.949. The van der Waals surface area contributed by atoms with E-state index in [9.17, 15) is 9.59 Å². The maximum absolute atomic E-state index is 12.3. The number of hydrogen-bond donors (Lipinski definition) is 1. The monoisotopic (exact) mass is 333 g/mol. The van der Waals surface area contributed by atoms with Crippen molar-refractivity contribution in [3.8, 4) is 0 Å². The van der Waals surface area contributed by atoms with E-state index < -0.39 is 0 Å². The van der Waals surface area contributed by atoms with Crippen LogP contribution in [0.1, 0.15) is 55.1 Å². The molecule has 1 atom stereocenters. The molecule has 1 N–H and O–H groups in total. The SMILES string of the molecule is O=C(NCc1csc(C2CCCN(C(=O)C3CC3)C2)n1)C1CC1. The molecule has 1 unspecified atom stereocenters. The molecule has 124 valence electrons. The number of hydrogen-bond acceptors (Lipinski definition) is 4. The smallest absolute Gasteiger partial charge is 0.225 e. The molecule has 3 fully saturated rings. The molecule has 0 spiro atoms. The predicted octanol–water partition coefficient (Wildman–Crippen LogP) is 2.29. The van der Waals surface area contributed by atoms with E-state index in [1.165, 1.54) is 0 Å². The Balaban J connectivity index is 1.33. The molecule has 2 amide bonds. The first-order valence-corrected chi connectivity index (χ1v) is 9.59. The minimum Gasteiger partial charge on any atom is -0.350 e. The molecule has 0 bridgehead atoms. The number of nitrogens with zero attached hydrogens (tertiary/aromatic N) is 2. The van der Waals surface area contributed by atoms with E-state index in [1.54, 1.807) is 11.3 Å². The van der Waals surface area contributed by atoms with Crippen molar-refractivity contribution in [1.82, 2.24) is 15.2 Å². The Bertz CT molecular complexity index is 607. The molecule has 5 nitrogen and oxygen atoms in total. The number of carbonyl (C=O) groups excluding carboxylic acids is 2. The maximum Gasteiger partial charge on any atom is 0.225 e. The minimum atomic E-state index is 0.165. The minimum absolute atomic E-state index is 0.165. The van der Waals surface area contributed by atoms with Crippen molar-refractivity contribution in [2.75, 3.05) is 13.1 Å². The van der Waals surface area contributed by atoms with Crippen LogP contribution in [0.15, 0.2) is 5.38 Å². The first-order chi connectivity index (χ1) is 11.2. The van der Waals surface area contributed by atoms with Crippen molar-refractivity contribution in [2.45, 2.75) is 51.0 Å². The molecule has 4 rings (SSSR count). The number of amides is 2. The van der Waals surface area contributed by atoms with Crippen LogP contribution in [0.25, 0.3) is 0 Å².